The molecule has 7 nitrogen and oxygen atoms in total. The van der Waals surface area contributed by atoms with Crippen LogP contribution in [0.4, 0.5) is 0 Å². The predicted octanol–water partition coefficient (Wildman–Crippen LogP) is 5.09. The Bertz CT molecular complexity index is 1190. The Balaban J connectivity index is 1.83. The van der Waals surface area contributed by atoms with Crippen molar-refractivity contribution in [2.45, 2.75) is 19.9 Å². The van der Waals surface area contributed by atoms with Crippen molar-refractivity contribution in [3.63, 3.8) is 0 Å². The molecule has 0 bridgehead atoms. The van der Waals surface area contributed by atoms with Gasteiger partial charge < -0.3 is 24.2 Å². The zero-order valence-corrected chi connectivity index (χ0v) is 19.8. The van der Waals surface area contributed by atoms with Crippen LogP contribution in [0.5, 0.6) is 11.5 Å². The third kappa shape index (κ3) is 4.03. The van der Waals surface area contributed by atoms with Gasteiger partial charge in [-0.2, -0.15) is 4.98 Å². The Morgan fingerprint density at radius 2 is 1.94 bits per heavy atom. The summed E-state index contributed by atoms with van der Waals surface area (Å²) < 4.78 is 16.6. The molecule has 9 heteroatoms. The molecule has 0 spiro atoms. The molecule has 0 saturated carbocycles. The second kappa shape index (κ2) is 9.18. The number of ether oxygens (including phenoxy) is 2. The first kappa shape index (κ1) is 22.1. The Morgan fingerprint density at radius 1 is 1.16 bits per heavy atom. The molecule has 1 N–H and O–H groups in total. The molecule has 1 unspecified atom stereocenters. The second-order valence-corrected chi connectivity index (χ2v) is 8.00. The van der Waals surface area contributed by atoms with E-state index in [1.165, 1.54) is 0 Å². The van der Waals surface area contributed by atoms with Crippen LogP contribution in [0.3, 0.4) is 0 Å². The molecule has 1 atom stereocenters. The van der Waals surface area contributed by atoms with Crippen LogP contribution in [0.25, 0.3) is 17.0 Å². The quantitative estimate of drug-likeness (QED) is 0.499. The molecular weight excluding hydrogens is 448 g/mol. The number of benzene rings is 2. The van der Waals surface area contributed by atoms with Crippen LogP contribution in [0, 0.1) is 0 Å². The van der Waals surface area contributed by atoms with Crippen LogP contribution in [0.15, 0.2) is 52.7 Å². The molecule has 1 aliphatic rings. The Morgan fingerprint density at radius 3 is 2.62 bits per heavy atom. The number of aromatic nitrogens is 2. The Labute approximate surface area is 197 Å². The molecule has 0 aliphatic carbocycles. The van der Waals surface area contributed by atoms with Gasteiger partial charge in [0.05, 0.1) is 25.8 Å². The van der Waals surface area contributed by atoms with Crippen LogP contribution in [0.2, 0.25) is 5.02 Å². The molecule has 2 aromatic carbocycles. The van der Waals surface area contributed by atoms with Gasteiger partial charge in [-0.25, -0.2) is 0 Å². The fraction of sp³-hybridized carbons (Fsp3) is 0.261. The lowest BCUT2D eigenvalue weighted by Gasteiger charge is -2.36. The van der Waals surface area contributed by atoms with Gasteiger partial charge in [-0.1, -0.05) is 35.0 Å². The highest BCUT2D eigenvalue weighted by Gasteiger charge is 2.34. The van der Waals surface area contributed by atoms with Gasteiger partial charge in [0.1, 0.15) is 0 Å². The standard InChI is InChI=1S/C23H23ClN4O3S/c1-5-28-13(2)19(22-26-21(27-31-22)15-7-6-8-16(24)11-15)20(25-23(28)32)14-9-10-17(29-3)18(12-14)30-4/h6-12,20H,5H2,1-4H3,(H,25,32). The molecule has 166 valence electrons. The van der Waals surface area contributed by atoms with Crippen LogP contribution < -0.4 is 14.8 Å². The van der Waals surface area contributed by atoms with Crippen molar-refractivity contribution >= 4 is 34.5 Å². The van der Waals surface area contributed by atoms with E-state index in [4.69, 9.17) is 37.8 Å². The fourth-order valence-corrected chi connectivity index (χ4v) is 4.37. The summed E-state index contributed by atoms with van der Waals surface area (Å²) in [6.07, 6.45) is 0. The third-order valence-corrected chi connectivity index (χ3v) is 5.97. The normalized spacial score (nSPS) is 16.2. The first-order chi connectivity index (χ1) is 15.5. The van der Waals surface area contributed by atoms with Crippen molar-refractivity contribution < 1.29 is 14.0 Å². The van der Waals surface area contributed by atoms with E-state index in [1.54, 1.807) is 26.4 Å². The monoisotopic (exact) mass is 470 g/mol. The summed E-state index contributed by atoms with van der Waals surface area (Å²) in [5.74, 6) is 2.14. The predicted molar refractivity (Wildman–Crippen MR) is 128 cm³/mol. The van der Waals surface area contributed by atoms with Crippen molar-refractivity contribution in [2.24, 2.45) is 0 Å². The number of nitrogens with zero attached hydrogens (tertiary/aromatic N) is 3. The summed E-state index contributed by atoms with van der Waals surface area (Å²) in [5, 5.41) is 8.84. The second-order valence-electron chi connectivity index (χ2n) is 7.17. The molecule has 1 aromatic heterocycles. The number of hydrogen-bond donors (Lipinski definition) is 1. The SMILES string of the molecule is CCN1C(=S)NC(c2ccc(OC)c(OC)c2)C(c2nc(-c3cccc(Cl)c3)no2)=C1C. The number of rotatable bonds is 6. The van der Waals surface area contributed by atoms with E-state index in [2.05, 4.69) is 15.5 Å². The molecule has 0 amide bonds. The summed E-state index contributed by atoms with van der Waals surface area (Å²) in [7, 11) is 3.21. The zero-order chi connectivity index (χ0) is 22.8. The number of methoxy groups -OCH3 is 2. The summed E-state index contributed by atoms with van der Waals surface area (Å²) in [6.45, 7) is 4.75. The van der Waals surface area contributed by atoms with E-state index in [0.29, 0.717) is 39.9 Å². The number of halogens is 1. The van der Waals surface area contributed by atoms with Gasteiger partial charge in [0.25, 0.3) is 5.89 Å². The van der Waals surface area contributed by atoms with E-state index in [-0.39, 0.29) is 6.04 Å². The molecule has 4 rings (SSSR count). The smallest absolute Gasteiger partial charge is 0.258 e. The van der Waals surface area contributed by atoms with Gasteiger partial charge in [-0.3, -0.25) is 0 Å². The summed E-state index contributed by atoms with van der Waals surface area (Å²) >= 11 is 11.8. The highest BCUT2D eigenvalue weighted by atomic mass is 35.5. The first-order valence-electron chi connectivity index (χ1n) is 10.1. The summed E-state index contributed by atoms with van der Waals surface area (Å²) in [5.41, 5.74) is 3.49. The van der Waals surface area contributed by atoms with Crippen molar-refractivity contribution in [1.29, 1.82) is 0 Å². The van der Waals surface area contributed by atoms with E-state index >= 15 is 0 Å². The maximum atomic E-state index is 6.14. The molecule has 0 saturated heterocycles. The largest absolute Gasteiger partial charge is 0.493 e. The van der Waals surface area contributed by atoms with E-state index in [1.807, 2.05) is 49.1 Å². The maximum absolute atomic E-state index is 6.14. The average molecular weight is 471 g/mol. The molecule has 2 heterocycles. The lowest BCUT2D eigenvalue weighted by molar-refractivity contribution is 0.354. The topological polar surface area (TPSA) is 72.7 Å². The number of thiocarbonyl (C=S) groups is 1. The number of hydrogen-bond acceptors (Lipinski definition) is 6. The zero-order valence-electron chi connectivity index (χ0n) is 18.2. The minimum Gasteiger partial charge on any atom is -0.493 e. The van der Waals surface area contributed by atoms with Crippen LogP contribution in [0.1, 0.15) is 31.3 Å². The van der Waals surface area contributed by atoms with E-state index in [0.717, 1.165) is 22.4 Å². The van der Waals surface area contributed by atoms with Gasteiger partial charge in [0.2, 0.25) is 5.82 Å². The Kier molecular flexibility index (Phi) is 6.34. The lowest BCUT2D eigenvalue weighted by atomic mass is 9.94. The van der Waals surface area contributed by atoms with Crippen LogP contribution >= 0.6 is 23.8 Å². The summed E-state index contributed by atoms with van der Waals surface area (Å²) in [6, 6.07) is 12.8. The first-order valence-corrected chi connectivity index (χ1v) is 10.9. The molecule has 0 radical (unpaired) electrons. The molecule has 0 fully saturated rings. The Hall–Kier alpha value is -3.10. The minimum absolute atomic E-state index is 0.308. The van der Waals surface area contributed by atoms with Gasteiger partial charge in [0.15, 0.2) is 16.6 Å². The maximum Gasteiger partial charge on any atom is 0.258 e. The van der Waals surface area contributed by atoms with Gasteiger partial charge in [-0.05, 0) is 55.9 Å². The van der Waals surface area contributed by atoms with Crippen molar-refractivity contribution in [1.82, 2.24) is 20.4 Å². The van der Waals surface area contributed by atoms with Crippen molar-refractivity contribution in [3.05, 3.63) is 64.6 Å². The third-order valence-electron chi connectivity index (χ3n) is 5.39. The van der Waals surface area contributed by atoms with Crippen molar-refractivity contribution in [3.8, 4) is 22.9 Å². The molecule has 3 aromatic rings. The van der Waals surface area contributed by atoms with Crippen LogP contribution in [-0.4, -0.2) is 40.9 Å². The van der Waals surface area contributed by atoms with Gasteiger partial charge in [-0.15, -0.1) is 0 Å². The van der Waals surface area contributed by atoms with E-state index < -0.39 is 0 Å². The average Bonchev–Trinajstić information content (AvgIpc) is 3.28. The molecule has 1 aliphatic heterocycles. The van der Waals surface area contributed by atoms with Crippen molar-refractivity contribution in [2.75, 3.05) is 20.8 Å². The highest BCUT2D eigenvalue weighted by molar-refractivity contribution is 7.80. The number of allylic oxidation sites excluding steroid dienone is 1. The summed E-state index contributed by atoms with van der Waals surface area (Å²) in [4.78, 5) is 6.69. The fourth-order valence-electron chi connectivity index (χ4n) is 3.80. The minimum atomic E-state index is -0.308. The van der Waals surface area contributed by atoms with Gasteiger partial charge >= 0.3 is 0 Å². The van der Waals surface area contributed by atoms with Crippen LogP contribution in [-0.2, 0) is 0 Å². The molecule has 32 heavy (non-hydrogen) atoms. The highest BCUT2D eigenvalue weighted by Crippen LogP contribution is 2.40. The number of nitrogens with one attached hydrogen (secondary N) is 1. The van der Waals surface area contributed by atoms with E-state index in [9.17, 15) is 0 Å². The van der Waals surface area contributed by atoms with Gasteiger partial charge in [0, 0.05) is 22.8 Å². The molecular formula is C23H23ClN4O3S. The lowest BCUT2D eigenvalue weighted by Crippen LogP contribution is -2.45.